The number of ketones is 1. The highest BCUT2D eigenvalue weighted by Gasteiger charge is 2.35. The van der Waals surface area contributed by atoms with E-state index in [1.54, 1.807) is 0 Å². The van der Waals surface area contributed by atoms with E-state index >= 15 is 0 Å². The van der Waals surface area contributed by atoms with Gasteiger partial charge in [-0.15, -0.1) is 0 Å². The van der Waals surface area contributed by atoms with E-state index in [1.807, 2.05) is 13.8 Å². The van der Waals surface area contributed by atoms with Gasteiger partial charge in [-0.05, 0) is 26.7 Å². The number of carbonyl (C=O) groups is 1. The SMILES string of the molecule is CC(C)C(=O)CC1CN(C(C)(C)C)C1. The second-order valence-electron chi connectivity index (χ2n) is 5.77. The van der Waals surface area contributed by atoms with Crippen LogP contribution in [-0.2, 0) is 4.79 Å². The first-order chi connectivity index (χ1) is 6.30. The predicted octanol–water partition coefficient (Wildman–Crippen LogP) is 2.33. The smallest absolute Gasteiger partial charge is 0.135 e. The summed E-state index contributed by atoms with van der Waals surface area (Å²) in [5.41, 5.74) is 0.275. The molecule has 0 radical (unpaired) electrons. The molecule has 1 fully saturated rings. The van der Waals surface area contributed by atoms with Crippen molar-refractivity contribution < 1.29 is 4.79 Å². The molecule has 1 rings (SSSR count). The Morgan fingerprint density at radius 3 is 2.21 bits per heavy atom. The molecule has 0 unspecified atom stereocenters. The van der Waals surface area contributed by atoms with Crippen molar-refractivity contribution in [1.29, 1.82) is 0 Å². The summed E-state index contributed by atoms with van der Waals surface area (Å²) in [5.74, 6) is 1.24. The van der Waals surface area contributed by atoms with Crippen LogP contribution >= 0.6 is 0 Å². The molecule has 2 heteroatoms. The minimum absolute atomic E-state index is 0.207. The zero-order chi connectivity index (χ0) is 10.9. The monoisotopic (exact) mass is 197 g/mol. The summed E-state index contributed by atoms with van der Waals surface area (Å²) < 4.78 is 0. The third-order valence-corrected chi connectivity index (χ3v) is 3.04. The van der Waals surface area contributed by atoms with Crippen LogP contribution in [0.25, 0.3) is 0 Å². The van der Waals surface area contributed by atoms with E-state index in [1.165, 1.54) is 0 Å². The minimum atomic E-state index is 0.207. The summed E-state index contributed by atoms with van der Waals surface area (Å²) in [7, 11) is 0. The Morgan fingerprint density at radius 2 is 1.86 bits per heavy atom. The lowest BCUT2D eigenvalue weighted by atomic mass is 9.87. The number of nitrogens with zero attached hydrogens (tertiary/aromatic N) is 1. The Balaban J connectivity index is 2.26. The van der Waals surface area contributed by atoms with Gasteiger partial charge in [0, 0.05) is 31.0 Å². The molecule has 14 heavy (non-hydrogen) atoms. The predicted molar refractivity (Wildman–Crippen MR) is 59.3 cm³/mol. The van der Waals surface area contributed by atoms with Crippen molar-refractivity contribution in [3.05, 3.63) is 0 Å². The first kappa shape index (κ1) is 11.7. The van der Waals surface area contributed by atoms with Gasteiger partial charge >= 0.3 is 0 Å². The van der Waals surface area contributed by atoms with E-state index in [-0.39, 0.29) is 11.5 Å². The number of hydrogen-bond donors (Lipinski definition) is 0. The average molecular weight is 197 g/mol. The molecule has 0 spiro atoms. The van der Waals surface area contributed by atoms with Crippen molar-refractivity contribution in [1.82, 2.24) is 4.90 Å². The van der Waals surface area contributed by atoms with Crippen LogP contribution < -0.4 is 0 Å². The van der Waals surface area contributed by atoms with Gasteiger partial charge in [0.05, 0.1) is 0 Å². The van der Waals surface area contributed by atoms with Crippen molar-refractivity contribution in [2.75, 3.05) is 13.1 Å². The highest BCUT2D eigenvalue weighted by molar-refractivity contribution is 5.80. The zero-order valence-electron chi connectivity index (χ0n) is 10.1. The first-order valence-corrected chi connectivity index (χ1v) is 5.58. The Labute approximate surface area is 87.7 Å². The van der Waals surface area contributed by atoms with Crippen LogP contribution in [0.15, 0.2) is 0 Å². The van der Waals surface area contributed by atoms with Crippen molar-refractivity contribution in [3.63, 3.8) is 0 Å². The van der Waals surface area contributed by atoms with Crippen LogP contribution in [0.4, 0.5) is 0 Å². The topological polar surface area (TPSA) is 20.3 Å². The number of carbonyl (C=O) groups excluding carboxylic acids is 1. The van der Waals surface area contributed by atoms with Gasteiger partial charge in [-0.3, -0.25) is 9.69 Å². The van der Waals surface area contributed by atoms with Crippen molar-refractivity contribution >= 4 is 5.78 Å². The highest BCUT2D eigenvalue weighted by atomic mass is 16.1. The van der Waals surface area contributed by atoms with Gasteiger partial charge in [0.2, 0.25) is 0 Å². The molecule has 0 aromatic heterocycles. The number of rotatable bonds is 3. The first-order valence-electron chi connectivity index (χ1n) is 5.58. The molecule has 0 aromatic rings. The van der Waals surface area contributed by atoms with E-state index in [9.17, 15) is 4.79 Å². The normalized spacial score (nSPS) is 19.9. The molecule has 82 valence electrons. The lowest BCUT2D eigenvalue weighted by molar-refractivity contribution is -0.125. The molecule has 1 heterocycles. The molecule has 0 bridgehead atoms. The largest absolute Gasteiger partial charge is 0.299 e. The Kier molecular flexibility index (Phi) is 3.36. The van der Waals surface area contributed by atoms with E-state index in [4.69, 9.17) is 0 Å². The van der Waals surface area contributed by atoms with Gasteiger partial charge in [-0.25, -0.2) is 0 Å². The maximum atomic E-state index is 11.5. The summed E-state index contributed by atoms with van der Waals surface area (Å²) in [6, 6.07) is 0. The summed E-state index contributed by atoms with van der Waals surface area (Å²) >= 11 is 0. The molecule has 0 aromatic carbocycles. The summed E-state index contributed by atoms with van der Waals surface area (Å²) in [6.45, 7) is 12.9. The second-order valence-corrected chi connectivity index (χ2v) is 5.77. The van der Waals surface area contributed by atoms with Gasteiger partial charge in [0.25, 0.3) is 0 Å². The standard InChI is InChI=1S/C12H23NO/c1-9(2)11(14)6-10-7-13(8-10)12(3,4)5/h9-10H,6-8H2,1-5H3. The van der Waals surface area contributed by atoms with Gasteiger partial charge in [0.15, 0.2) is 0 Å². The number of Topliss-reactive ketones (excluding diaryl/α,β-unsaturated/α-hetero) is 1. The number of likely N-dealkylation sites (tertiary alicyclic amines) is 1. The van der Waals surface area contributed by atoms with Crippen LogP contribution in [0.1, 0.15) is 41.0 Å². The lowest BCUT2D eigenvalue weighted by Gasteiger charge is -2.47. The second kappa shape index (κ2) is 4.01. The Bertz CT molecular complexity index is 209. The van der Waals surface area contributed by atoms with Crippen molar-refractivity contribution in [2.24, 2.45) is 11.8 Å². The van der Waals surface area contributed by atoms with Crippen LogP contribution in [-0.4, -0.2) is 29.3 Å². The Morgan fingerprint density at radius 1 is 1.36 bits per heavy atom. The fraction of sp³-hybridized carbons (Fsp3) is 0.917. The molecule has 0 N–H and O–H groups in total. The maximum absolute atomic E-state index is 11.5. The molecule has 0 aliphatic carbocycles. The third-order valence-electron chi connectivity index (χ3n) is 3.04. The summed E-state index contributed by atoms with van der Waals surface area (Å²) in [4.78, 5) is 13.9. The van der Waals surface area contributed by atoms with E-state index in [0.29, 0.717) is 11.7 Å². The fourth-order valence-corrected chi connectivity index (χ4v) is 1.77. The summed E-state index contributed by atoms with van der Waals surface area (Å²) in [6.07, 6.45) is 0.782. The van der Waals surface area contributed by atoms with E-state index < -0.39 is 0 Å². The molecule has 2 nitrogen and oxygen atoms in total. The quantitative estimate of drug-likeness (QED) is 0.692. The minimum Gasteiger partial charge on any atom is -0.299 e. The van der Waals surface area contributed by atoms with Crippen molar-refractivity contribution in [2.45, 2.75) is 46.6 Å². The van der Waals surface area contributed by atoms with E-state index in [2.05, 4.69) is 25.7 Å². The zero-order valence-corrected chi connectivity index (χ0v) is 10.1. The van der Waals surface area contributed by atoms with Crippen molar-refractivity contribution in [3.8, 4) is 0 Å². The van der Waals surface area contributed by atoms with Crippen LogP contribution in [0, 0.1) is 11.8 Å². The average Bonchev–Trinajstić information content (AvgIpc) is 1.92. The van der Waals surface area contributed by atoms with Crippen LogP contribution in [0.5, 0.6) is 0 Å². The molecular weight excluding hydrogens is 174 g/mol. The number of hydrogen-bond acceptors (Lipinski definition) is 2. The van der Waals surface area contributed by atoms with Gasteiger partial charge in [-0.1, -0.05) is 13.8 Å². The summed E-state index contributed by atoms with van der Waals surface area (Å²) in [5, 5.41) is 0. The van der Waals surface area contributed by atoms with Gasteiger partial charge in [-0.2, -0.15) is 0 Å². The third kappa shape index (κ3) is 2.81. The Hall–Kier alpha value is -0.370. The molecule has 1 saturated heterocycles. The molecule has 0 saturated carbocycles. The van der Waals surface area contributed by atoms with Crippen LogP contribution in [0.3, 0.4) is 0 Å². The van der Waals surface area contributed by atoms with Gasteiger partial charge in [0.1, 0.15) is 5.78 Å². The molecule has 1 aliphatic rings. The fourth-order valence-electron chi connectivity index (χ4n) is 1.77. The van der Waals surface area contributed by atoms with Crippen LogP contribution in [0.2, 0.25) is 0 Å². The highest BCUT2D eigenvalue weighted by Crippen LogP contribution is 2.27. The molecule has 1 aliphatic heterocycles. The lowest BCUT2D eigenvalue weighted by Crippen LogP contribution is -2.56. The van der Waals surface area contributed by atoms with Gasteiger partial charge < -0.3 is 0 Å². The van der Waals surface area contributed by atoms with E-state index in [0.717, 1.165) is 19.5 Å². The molecule has 0 atom stereocenters. The maximum Gasteiger partial charge on any atom is 0.135 e. The molecular formula is C12H23NO. The molecule has 0 amide bonds.